The van der Waals surface area contributed by atoms with Crippen molar-refractivity contribution in [3.8, 4) is 5.75 Å². The van der Waals surface area contributed by atoms with Gasteiger partial charge in [0, 0.05) is 22.7 Å². The molecule has 0 aliphatic carbocycles. The highest BCUT2D eigenvalue weighted by Gasteiger charge is 2.09. The molecule has 0 aliphatic rings. The zero-order valence-electron chi connectivity index (χ0n) is 11.9. The van der Waals surface area contributed by atoms with Crippen LogP contribution in [-0.2, 0) is 6.61 Å². The molecule has 0 fully saturated rings. The lowest BCUT2D eigenvalue weighted by Crippen LogP contribution is -2.01. The lowest BCUT2D eigenvalue weighted by molar-refractivity contribution is 0.190. The van der Waals surface area contributed by atoms with Gasteiger partial charge < -0.3 is 9.84 Å². The van der Waals surface area contributed by atoms with Gasteiger partial charge in [0.1, 0.15) is 12.4 Å². The Kier molecular flexibility index (Phi) is 3.84. The predicted octanol–water partition coefficient (Wildman–Crippen LogP) is 3.87. The predicted molar refractivity (Wildman–Crippen MR) is 83.2 cm³/mol. The standard InChI is InChI=1S/C18H17NO2/c1-13(20)16-9-2-3-10-17(16)21-12-15-7-4-6-14-8-5-11-19-18(14)15/h2-11,13,20H,12H2,1H3/t13-/m1/s1. The Morgan fingerprint density at radius 2 is 1.86 bits per heavy atom. The molecule has 0 radical (unpaired) electrons. The fraction of sp³-hybridized carbons (Fsp3) is 0.167. The van der Waals surface area contributed by atoms with Crippen molar-refractivity contribution in [1.82, 2.24) is 4.98 Å². The lowest BCUT2D eigenvalue weighted by atomic mass is 10.1. The monoisotopic (exact) mass is 279 g/mol. The first kappa shape index (κ1) is 13.6. The summed E-state index contributed by atoms with van der Waals surface area (Å²) in [5.41, 5.74) is 2.79. The van der Waals surface area contributed by atoms with Crippen LogP contribution in [0.15, 0.2) is 60.8 Å². The van der Waals surface area contributed by atoms with Gasteiger partial charge in [-0.25, -0.2) is 0 Å². The second-order valence-corrected chi connectivity index (χ2v) is 4.99. The first-order chi connectivity index (χ1) is 10.3. The summed E-state index contributed by atoms with van der Waals surface area (Å²) in [6.07, 6.45) is 1.24. The van der Waals surface area contributed by atoms with Crippen molar-refractivity contribution in [1.29, 1.82) is 0 Å². The second-order valence-electron chi connectivity index (χ2n) is 4.99. The van der Waals surface area contributed by atoms with Gasteiger partial charge in [-0.3, -0.25) is 4.98 Å². The van der Waals surface area contributed by atoms with Gasteiger partial charge in [-0.05, 0) is 19.1 Å². The van der Waals surface area contributed by atoms with Gasteiger partial charge in [0.15, 0.2) is 0 Å². The van der Waals surface area contributed by atoms with Crippen molar-refractivity contribution < 1.29 is 9.84 Å². The minimum Gasteiger partial charge on any atom is -0.488 e. The molecule has 0 spiro atoms. The van der Waals surface area contributed by atoms with Crippen LogP contribution in [0, 0.1) is 0 Å². The van der Waals surface area contributed by atoms with E-state index in [-0.39, 0.29) is 0 Å². The number of aliphatic hydroxyl groups excluding tert-OH is 1. The molecule has 3 aromatic rings. The van der Waals surface area contributed by atoms with E-state index in [1.54, 1.807) is 13.1 Å². The Hall–Kier alpha value is -2.39. The van der Waals surface area contributed by atoms with E-state index in [0.717, 1.165) is 22.0 Å². The van der Waals surface area contributed by atoms with Crippen LogP contribution >= 0.6 is 0 Å². The fourth-order valence-electron chi connectivity index (χ4n) is 2.40. The number of hydrogen-bond acceptors (Lipinski definition) is 3. The molecular weight excluding hydrogens is 262 g/mol. The van der Waals surface area contributed by atoms with Crippen LogP contribution in [0.2, 0.25) is 0 Å². The van der Waals surface area contributed by atoms with Crippen molar-refractivity contribution in [2.24, 2.45) is 0 Å². The van der Waals surface area contributed by atoms with Crippen LogP contribution in [0.1, 0.15) is 24.2 Å². The van der Waals surface area contributed by atoms with Crippen molar-refractivity contribution in [3.05, 3.63) is 71.9 Å². The molecule has 3 rings (SSSR count). The molecule has 3 heteroatoms. The Labute approximate surface area is 123 Å². The molecule has 0 saturated carbocycles. The molecule has 1 atom stereocenters. The summed E-state index contributed by atoms with van der Waals surface area (Å²) in [6.45, 7) is 2.17. The lowest BCUT2D eigenvalue weighted by Gasteiger charge is -2.14. The summed E-state index contributed by atoms with van der Waals surface area (Å²) < 4.78 is 5.89. The Morgan fingerprint density at radius 3 is 2.71 bits per heavy atom. The molecule has 3 nitrogen and oxygen atoms in total. The third-order valence-corrected chi connectivity index (χ3v) is 3.47. The number of benzene rings is 2. The molecule has 0 unspecified atom stereocenters. The van der Waals surface area contributed by atoms with E-state index >= 15 is 0 Å². The minimum atomic E-state index is -0.549. The van der Waals surface area contributed by atoms with Crippen molar-refractivity contribution in [2.45, 2.75) is 19.6 Å². The van der Waals surface area contributed by atoms with Gasteiger partial charge in [0.2, 0.25) is 0 Å². The number of fused-ring (bicyclic) bond motifs is 1. The Morgan fingerprint density at radius 1 is 1.05 bits per heavy atom. The van der Waals surface area contributed by atoms with Gasteiger partial charge in [0.05, 0.1) is 11.6 Å². The molecule has 1 aromatic heterocycles. The summed E-state index contributed by atoms with van der Waals surface area (Å²) in [5.74, 6) is 0.709. The largest absolute Gasteiger partial charge is 0.488 e. The highest BCUT2D eigenvalue weighted by Crippen LogP contribution is 2.26. The summed E-state index contributed by atoms with van der Waals surface area (Å²) in [7, 11) is 0. The van der Waals surface area contributed by atoms with E-state index < -0.39 is 6.10 Å². The summed E-state index contributed by atoms with van der Waals surface area (Å²) >= 11 is 0. The quantitative estimate of drug-likeness (QED) is 0.788. The fourth-order valence-corrected chi connectivity index (χ4v) is 2.40. The topological polar surface area (TPSA) is 42.4 Å². The molecule has 0 bridgehead atoms. The van der Waals surface area contributed by atoms with E-state index in [9.17, 15) is 5.11 Å². The average molecular weight is 279 g/mol. The van der Waals surface area contributed by atoms with E-state index in [0.29, 0.717) is 12.4 Å². The Balaban J connectivity index is 1.87. The number of rotatable bonds is 4. The second kappa shape index (κ2) is 5.94. The molecule has 1 heterocycles. The number of aliphatic hydroxyl groups is 1. The molecular formula is C18H17NO2. The minimum absolute atomic E-state index is 0.429. The average Bonchev–Trinajstić information content (AvgIpc) is 2.53. The van der Waals surface area contributed by atoms with E-state index in [1.165, 1.54) is 0 Å². The number of para-hydroxylation sites is 2. The van der Waals surface area contributed by atoms with Crippen molar-refractivity contribution in [3.63, 3.8) is 0 Å². The molecule has 0 aliphatic heterocycles. The van der Waals surface area contributed by atoms with Crippen LogP contribution in [0.4, 0.5) is 0 Å². The van der Waals surface area contributed by atoms with Crippen LogP contribution in [0.5, 0.6) is 5.75 Å². The highest BCUT2D eigenvalue weighted by atomic mass is 16.5. The van der Waals surface area contributed by atoms with Crippen LogP contribution in [0.25, 0.3) is 10.9 Å². The first-order valence-corrected chi connectivity index (χ1v) is 6.98. The maximum Gasteiger partial charge on any atom is 0.125 e. The first-order valence-electron chi connectivity index (χ1n) is 6.98. The van der Waals surface area contributed by atoms with Gasteiger partial charge >= 0.3 is 0 Å². The molecule has 1 N–H and O–H groups in total. The summed E-state index contributed by atoms with van der Waals surface area (Å²) in [5, 5.41) is 10.9. The zero-order valence-corrected chi connectivity index (χ0v) is 11.9. The number of hydrogen-bond donors (Lipinski definition) is 1. The number of pyridine rings is 1. The summed E-state index contributed by atoms with van der Waals surface area (Å²) in [4.78, 5) is 4.42. The number of aromatic nitrogens is 1. The smallest absolute Gasteiger partial charge is 0.125 e. The van der Waals surface area contributed by atoms with Gasteiger partial charge in [-0.2, -0.15) is 0 Å². The summed E-state index contributed by atoms with van der Waals surface area (Å²) in [6, 6.07) is 17.6. The molecule has 2 aromatic carbocycles. The molecule has 0 saturated heterocycles. The zero-order chi connectivity index (χ0) is 14.7. The van der Waals surface area contributed by atoms with Crippen molar-refractivity contribution in [2.75, 3.05) is 0 Å². The number of nitrogens with zero attached hydrogens (tertiary/aromatic N) is 1. The van der Waals surface area contributed by atoms with E-state index in [2.05, 4.69) is 4.98 Å². The van der Waals surface area contributed by atoms with E-state index in [1.807, 2.05) is 54.6 Å². The molecule has 0 amide bonds. The maximum absolute atomic E-state index is 9.78. The maximum atomic E-state index is 9.78. The molecule has 106 valence electrons. The Bertz CT molecular complexity index is 748. The van der Waals surface area contributed by atoms with Gasteiger partial charge in [-0.15, -0.1) is 0 Å². The normalized spacial score (nSPS) is 12.3. The van der Waals surface area contributed by atoms with E-state index in [4.69, 9.17) is 4.74 Å². The van der Waals surface area contributed by atoms with Crippen LogP contribution in [0.3, 0.4) is 0 Å². The molecule has 21 heavy (non-hydrogen) atoms. The van der Waals surface area contributed by atoms with Crippen molar-refractivity contribution >= 4 is 10.9 Å². The third kappa shape index (κ3) is 2.88. The SMILES string of the molecule is C[C@@H](O)c1ccccc1OCc1cccc2cccnc12. The highest BCUT2D eigenvalue weighted by molar-refractivity contribution is 5.81. The number of ether oxygens (including phenoxy) is 1. The third-order valence-electron chi connectivity index (χ3n) is 3.47. The van der Waals surface area contributed by atoms with Gasteiger partial charge in [-0.1, -0.05) is 42.5 Å². The van der Waals surface area contributed by atoms with Crippen LogP contribution < -0.4 is 4.74 Å². The van der Waals surface area contributed by atoms with Crippen LogP contribution in [-0.4, -0.2) is 10.1 Å². The van der Waals surface area contributed by atoms with Gasteiger partial charge in [0.25, 0.3) is 0 Å².